The van der Waals surface area contributed by atoms with Crippen LogP contribution in [0.25, 0.3) is 0 Å². The first-order chi connectivity index (χ1) is 12.8. The van der Waals surface area contributed by atoms with Gasteiger partial charge in [0.05, 0.1) is 12.8 Å². The summed E-state index contributed by atoms with van der Waals surface area (Å²) in [6, 6.07) is 10.5. The fourth-order valence-corrected chi connectivity index (χ4v) is 2.58. The number of anilines is 2. The van der Waals surface area contributed by atoms with Gasteiger partial charge >= 0.3 is 0 Å². The Morgan fingerprint density at radius 1 is 0.926 bits per heavy atom. The molecule has 0 aromatic heterocycles. The molecule has 2 amide bonds. The van der Waals surface area contributed by atoms with Gasteiger partial charge in [-0.25, -0.2) is 0 Å². The Morgan fingerprint density at radius 2 is 1.67 bits per heavy atom. The number of amides is 2. The number of rotatable bonds is 7. The average Bonchev–Trinajstić information content (AvgIpc) is 2.61. The zero-order valence-corrected chi connectivity index (χ0v) is 16.0. The SMILES string of the molecule is COc1ccc(NC(=O)CCC(=O)c2ccc(C)c(C)c2)cc1NC(C)=O. The number of carbonyl (C=O) groups is 3. The first-order valence-electron chi connectivity index (χ1n) is 8.66. The molecule has 0 unspecified atom stereocenters. The summed E-state index contributed by atoms with van der Waals surface area (Å²) in [4.78, 5) is 35.7. The first kappa shape index (κ1) is 20.2. The lowest BCUT2D eigenvalue weighted by atomic mass is 10.0. The second-order valence-electron chi connectivity index (χ2n) is 6.37. The van der Waals surface area contributed by atoms with E-state index in [2.05, 4.69) is 10.6 Å². The highest BCUT2D eigenvalue weighted by Gasteiger charge is 2.12. The van der Waals surface area contributed by atoms with Gasteiger partial charge in [-0.05, 0) is 49.2 Å². The van der Waals surface area contributed by atoms with Crippen molar-refractivity contribution in [3.63, 3.8) is 0 Å². The molecular formula is C21H24N2O4. The van der Waals surface area contributed by atoms with E-state index in [0.717, 1.165) is 11.1 Å². The third-order valence-electron chi connectivity index (χ3n) is 4.20. The van der Waals surface area contributed by atoms with Gasteiger partial charge in [-0.2, -0.15) is 0 Å². The third kappa shape index (κ3) is 5.67. The highest BCUT2D eigenvalue weighted by Crippen LogP contribution is 2.28. The van der Waals surface area contributed by atoms with E-state index in [9.17, 15) is 14.4 Å². The van der Waals surface area contributed by atoms with Crippen LogP contribution in [0.1, 0.15) is 41.3 Å². The minimum atomic E-state index is -0.272. The van der Waals surface area contributed by atoms with Crippen LogP contribution in [0.4, 0.5) is 11.4 Å². The molecule has 27 heavy (non-hydrogen) atoms. The average molecular weight is 368 g/mol. The molecule has 0 spiro atoms. The summed E-state index contributed by atoms with van der Waals surface area (Å²) in [5.74, 6) is -0.0862. The van der Waals surface area contributed by atoms with Crippen molar-refractivity contribution in [2.45, 2.75) is 33.6 Å². The third-order valence-corrected chi connectivity index (χ3v) is 4.20. The molecule has 0 fully saturated rings. The number of ether oxygens (including phenoxy) is 1. The molecule has 0 bridgehead atoms. The zero-order valence-electron chi connectivity index (χ0n) is 16.0. The van der Waals surface area contributed by atoms with Crippen molar-refractivity contribution in [2.24, 2.45) is 0 Å². The molecule has 2 rings (SSSR count). The molecule has 0 aliphatic carbocycles. The molecule has 0 saturated carbocycles. The maximum Gasteiger partial charge on any atom is 0.224 e. The van der Waals surface area contributed by atoms with Crippen LogP contribution in [0.2, 0.25) is 0 Å². The van der Waals surface area contributed by atoms with Gasteiger partial charge in [-0.3, -0.25) is 14.4 Å². The first-order valence-corrected chi connectivity index (χ1v) is 8.66. The van der Waals surface area contributed by atoms with Crippen molar-refractivity contribution < 1.29 is 19.1 Å². The molecule has 2 N–H and O–H groups in total. The Kier molecular flexibility index (Phi) is 6.71. The molecule has 0 atom stereocenters. The molecule has 0 radical (unpaired) electrons. The van der Waals surface area contributed by atoms with Crippen LogP contribution >= 0.6 is 0 Å². The Morgan fingerprint density at radius 3 is 2.30 bits per heavy atom. The number of Topliss-reactive ketones (excluding diaryl/α,β-unsaturated/α-hetero) is 1. The van der Waals surface area contributed by atoms with Gasteiger partial charge in [-0.15, -0.1) is 0 Å². The second-order valence-corrected chi connectivity index (χ2v) is 6.37. The fourth-order valence-electron chi connectivity index (χ4n) is 2.58. The van der Waals surface area contributed by atoms with E-state index >= 15 is 0 Å². The van der Waals surface area contributed by atoms with E-state index in [1.807, 2.05) is 26.0 Å². The number of methoxy groups -OCH3 is 1. The minimum absolute atomic E-state index is 0.0677. The predicted octanol–water partition coefficient (Wildman–Crippen LogP) is 3.87. The Bertz CT molecular complexity index is 874. The lowest BCUT2D eigenvalue weighted by Crippen LogP contribution is -2.14. The number of carbonyl (C=O) groups excluding carboxylic acids is 3. The number of benzene rings is 2. The summed E-state index contributed by atoms with van der Waals surface area (Å²) in [6.45, 7) is 5.33. The zero-order chi connectivity index (χ0) is 20.0. The topological polar surface area (TPSA) is 84.5 Å². The summed E-state index contributed by atoms with van der Waals surface area (Å²) in [5.41, 5.74) is 3.77. The van der Waals surface area contributed by atoms with E-state index in [1.165, 1.54) is 14.0 Å². The maximum atomic E-state index is 12.3. The highest BCUT2D eigenvalue weighted by atomic mass is 16.5. The lowest BCUT2D eigenvalue weighted by Gasteiger charge is -2.12. The van der Waals surface area contributed by atoms with Gasteiger partial charge in [0.2, 0.25) is 11.8 Å². The summed E-state index contributed by atoms with van der Waals surface area (Å²) in [6.07, 6.45) is 0.205. The van der Waals surface area contributed by atoms with Crippen LogP contribution in [-0.2, 0) is 9.59 Å². The van der Waals surface area contributed by atoms with Crippen molar-refractivity contribution in [3.8, 4) is 5.75 Å². The Hall–Kier alpha value is -3.15. The van der Waals surface area contributed by atoms with Gasteiger partial charge in [-0.1, -0.05) is 12.1 Å². The predicted molar refractivity (Wildman–Crippen MR) is 105 cm³/mol. The monoisotopic (exact) mass is 368 g/mol. The van der Waals surface area contributed by atoms with Gasteiger partial charge in [0.25, 0.3) is 0 Å². The number of aryl methyl sites for hydroxylation is 2. The van der Waals surface area contributed by atoms with E-state index in [1.54, 1.807) is 24.3 Å². The minimum Gasteiger partial charge on any atom is -0.495 e. The van der Waals surface area contributed by atoms with Crippen molar-refractivity contribution in [3.05, 3.63) is 53.1 Å². The summed E-state index contributed by atoms with van der Waals surface area (Å²) in [5, 5.41) is 5.39. The van der Waals surface area contributed by atoms with Crippen LogP contribution < -0.4 is 15.4 Å². The smallest absolute Gasteiger partial charge is 0.224 e. The molecule has 0 heterocycles. The molecule has 6 heteroatoms. The van der Waals surface area contributed by atoms with Crippen LogP contribution in [-0.4, -0.2) is 24.7 Å². The molecule has 142 valence electrons. The van der Waals surface area contributed by atoms with E-state index in [-0.39, 0.29) is 30.4 Å². The Labute approximate surface area is 158 Å². The molecule has 0 aliphatic heterocycles. The Balaban J connectivity index is 1.97. The molecule has 0 aliphatic rings. The van der Waals surface area contributed by atoms with E-state index in [0.29, 0.717) is 22.7 Å². The summed E-state index contributed by atoms with van der Waals surface area (Å²) < 4.78 is 5.18. The number of ketones is 1. The van der Waals surface area contributed by atoms with Crippen molar-refractivity contribution in [2.75, 3.05) is 17.7 Å². The molecular weight excluding hydrogens is 344 g/mol. The van der Waals surface area contributed by atoms with E-state index in [4.69, 9.17) is 4.74 Å². The van der Waals surface area contributed by atoms with Crippen molar-refractivity contribution in [1.29, 1.82) is 0 Å². The van der Waals surface area contributed by atoms with Gasteiger partial charge in [0.15, 0.2) is 5.78 Å². The van der Waals surface area contributed by atoms with Gasteiger partial charge in [0.1, 0.15) is 5.75 Å². The van der Waals surface area contributed by atoms with Gasteiger partial charge in [0, 0.05) is 31.0 Å². The molecule has 6 nitrogen and oxygen atoms in total. The van der Waals surface area contributed by atoms with Crippen LogP contribution in [0.5, 0.6) is 5.75 Å². The van der Waals surface area contributed by atoms with Crippen LogP contribution in [0, 0.1) is 13.8 Å². The largest absolute Gasteiger partial charge is 0.495 e. The summed E-state index contributed by atoms with van der Waals surface area (Å²) >= 11 is 0. The van der Waals surface area contributed by atoms with Crippen molar-refractivity contribution in [1.82, 2.24) is 0 Å². The van der Waals surface area contributed by atoms with Gasteiger partial charge < -0.3 is 15.4 Å². The quantitative estimate of drug-likeness (QED) is 0.727. The number of nitrogens with one attached hydrogen (secondary N) is 2. The second kappa shape index (κ2) is 8.98. The van der Waals surface area contributed by atoms with Crippen LogP contribution in [0.3, 0.4) is 0 Å². The normalized spacial score (nSPS) is 10.2. The van der Waals surface area contributed by atoms with Crippen molar-refractivity contribution >= 4 is 29.0 Å². The lowest BCUT2D eigenvalue weighted by molar-refractivity contribution is -0.116. The molecule has 2 aromatic carbocycles. The molecule has 2 aromatic rings. The maximum absolute atomic E-state index is 12.3. The fraction of sp³-hybridized carbons (Fsp3) is 0.286. The molecule has 0 saturated heterocycles. The summed E-state index contributed by atoms with van der Waals surface area (Å²) in [7, 11) is 1.50. The number of hydrogen-bond donors (Lipinski definition) is 2. The highest BCUT2D eigenvalue weighted by molar-refractivity contribution is 6.00. The van der Waals surface area contributed by atoms with E-state index < -0.39 is 0 Å². The standard InChI is InChI=1S/C21H24N2O4/c1-13-5-6-16(11-14(13)2)19(25)8-10-21(26)23-17-7-9-20(27-4)18(12-17)22-15(3)24/h5-7,9,11-12H,8,10H2,1-4H3,(H,22,24)(H,23,26). The van der Waals surface area contributed by atoms with Crippen LogP contribution in [0.15, 0.2) is 36.4 Å². The number of hydrogen-bond acceptors (Lipinski definition) is 4.